The highest BCUT2D eigenvalue weighted by Crippen LogP contribution is 2.10. The van der Waals surface area contributed by atoms with Crippen LogP contribution in [0.25, 0.3) is 0 Å². The molecule has 0 saturated heterocycles. The number of pyridine rings is 1. The first-order valence-corrected chi connectivity index (χ1v) is 9.08. The standard InChI is InChI=1S/C21H20FN5O3/c1-13-7-14(3-4-16(13)22)10-24-20(28)17-9-18(27-12-26-17)21(29)25-11-15-5-6-23-19(8-15)30-2/h3-9,12H,10-11H2,1-2H3,(H,24,28)(H,25,29). The lowest BCUT2D eigenvalue weighted by Gasteiger charge is -2.08. The van der Waals surface area contributed by atoms with Crippen LogP contribution in [-0.4, -0.2) is 33.9 Å². The fourth-order valence-corrected chi connectivity index (χ4v) is 2.64. The summed E-state index contributed by atoms with van der Waals surface area (Å²) in [5, 5.41) is 5.42. The Bertz CT molecular complexity index is 1070. The Morgan fingerprint density at radius 1 is 0.933 bits per heavy atom. The van der Waals surface area contributed by atoms with Crippen molar-refractivity contribution in [3.63, 3.8) is 0 Å². The van der Waals surface area contributed by atoms with E-state index in [0.29, 0.717) is 11.4 Å². The molecule has 2 aromatic heterocycles. The van der Waals surface area contributed by atoms with Gasteiger partial charge in [0.1, 0.15) is 23.5 Å². The molecular formula is C21H20FN5O3. The largest absolute Gasteiger partial charge is 0.481 e. The summed E-state index contributed by atoms with van der Waals surface area (Å²) < 4.78 is 18.4. The minimum atomic E-state index is -0.465. The summed E-state index contributed by atoms with van der Waals surface area (Å²) in [6.07, 6.45) is 2.73. The fraction of sp³-hybridized carbons (Fsp3) is 0.190. The van der Waals surface area contributed by atoms with Crippen molar-refractivity contribution in [2.45, 2.75) is 20.0 Å². The summed E-state index contributed by atoms with van der Waals surface area (Å²) in [7, 11) is 1.51. The second-order valence-corrected chi connectivity index (χ2v) is 6.44. The minimum Gasteiger partial charge on any atom is -0.481 e. The van der Waals surface area contributed by atoms with Gasteiger partial charge in [-0.2, -0.15) is 0 Å². The van der Waals surface area contributed by atoms with Crippen molar-refractivity contribution < 1.29 is 18.7 Å². The number of amides is 2. The summed E-state index contributed by atoms with van der Waals surface area (Å²) in [4.78, 5) is 36.6. The topological polar surface area (TPSA) is 106 Å². The minimum absolute atomic E-state index is 0.0552. The van der Waals surface area contributed by atoms with Crippen LogP contribution in [0.3, 0.4) is 0 Å². The summed E-state index contributed by atoms with van der Waals surface area (Å²) in [6.45, 7) is 2.10. The number of halogens is 1. The fourth-order valence-electron chi connectivity index (χ4n) is 2.64. The summed E-state index contributed by atoms with van der Waals surface area (Å²) in [6, 6.07) is 9.36. The second kappa shape index (κ2) is 9.55. The third kappa shape index (κ3) is 5.34. The Hall–Kier alpha value is -3.88. The number of aryl methyl sites for hydroxylation is 1. The van der Waals surface area contributed by atoms with E-state index in [4.69, 9.17) is 4.74 Å². The van der Waals surface area contributed by atoms with Crippen molar-refractivity contribution in [2.75, 3.05) is 7.11 Å². The zero-order valence-corrected chi connectivity index (χ0v) is 16.5. The van der Waals surface area contributed by atoms with Crippen molar-refractivity contribution in [3.05, 3.63) is 82.8 Å². The molecular weight excluding hydrogens is 389 g/mol. The van der Waals surface area contributed by atoms with Crippen LogP contribution in [-0.2, 0) is 13.1 Å². The van der Waals surface area contributed by atoms with Gasteiger partial charge in [0, 0.05) is 31.4 Å². The van der Waals surface area contributed by atoms with Gasteiger partial charge < -0.3 is 15.4 Å². The zero-order chi connectivity index (χ0) is 21.5. The third-order valence-electron chi connectivity index (χ3n) is 4.27. The number of methoxy groups -OCH3 is 1. The molecule has 0 bridgehead atoms. The van der Waals surface area contributed by atoms with Crippen LogP contribution in [0.4, 0.5) is 4.39 Å². The number of rotatable bonds is 7. The van der Waals surface area contributed by atoms with E-state index in [1.807, 2.05) is 0 Å². The summed E-state index contributed by atoms with van der Waals surface area (Å²) >= 11 is 0. The number of hydrogen-bond acceptors (Lipinski definition) is 6. The number of carbonyl (C=O) groups is 2. The molecule has 1 aromatic carbocycles. The molecule has 3 rings (SSSR count). The summed E-state index contributed by atoms with van der Waals surface area (Å²) in [5.74, 6) is -0.774. The molecule has 0 aliphatic carbocycles. The van der Waals surface area contributed by atoms with E-state index >= 15 is 0 Å². The molecule has 8 nitrogen and oxygen atoms in total. The average molecular weight is 409 g/mol. The molecule has 0 atom stereocenters. The predicted octanol–water partition coefficient (Wildman–Crippen LogP) is 2.19. The van der Waals surface area contributed by atoms with E-state index in [2.05, 4.69) is 25.6 Å². The molecule has 0 unspecified atom stereocenters. The molecule has 0 aliphatic heterocycles. The van der Waals surface area contributed by atoms with Gasteiger partial charge in [-0.05, 0) is 35.7 Å². The molecule has 2 N–H and O–H groups in total. The van der Waals surface area contributed by atoms with Crippen LogP contribution in [0.15, 0.2) is 48.9 Å². The lowest BCUT2D eigenvalue weighted by molar-refractivity contribution is 0.0944. The van der Waals surface area contributed by atoms with Gasteiger partial charge in [0.05, 0.1) is 7.11 Å². The summed E-state index contributed by atoms with van der Waals surface area (Å²) in [5.41, 5.74) is 2.17. The van der Waals surface area contributed by atoms with Crippen LogP contribution < -0.4 is 15.4 Å². The third-order valence-corrected chi connectivity index (χ3v) is 4.27. The van der Waals surface area contributed by atoms with E-state index < -0.39 is 11.8 Å². The highest BCUT2D eigenvalue weighted by molar-refractivity contribution is 5.97. The van der Waals surface area contributed by atoms with Crippen molar-refractivity contribution in [2.24, 2.45) is 0 Å². The second-order valence-electron chi connectivity index (χ2n) is 6.44. The Morgan fingerprint density at radius 3 is 2.17 bits per heavy atom. The number of hydrogen-bond donors (Lipinski definition) is 2. The number of nitrogens with one attached hydrogen (secondary N) is 2. The predicted molar refractivity (Wildman–Crippen MR) is 106 cm³/mol. The molecule has 9 heteroatoms. The number of aromatic nitrogens is 3. The quantitative estimate of drug-likeness (QED) is 0.620. The molecule has 0 fully saturated rings. The maximum atomic E-state index is 13.3. The Kier molecular flexibility index (Phi) is 6.63. The van der Waals surface area contributed by atoms with Crippen molar-refractivity contribution >= 4 is 11.8 Å². The van der Waals surface area contributed by atoms with Gasteiger partial charge >= 0.3 is 0 Å². The van der Waals surface area contributed by atoms with Crippen molar-refractivity contribution in [1.82, 2.24) is 25.6 Å². The van der Waals surface area contributed by atoms with Gasteiger partial charge in [-0.1, -0.05) is 12.1 Å². The Morgan fingerprint density at radius 2 is 1.57 bits per heavy atom. The molecule has 2 heterocycles. The van der Waals surface area contributed by atoms with E-state index in [0.717, 1.165) is 17.5 Å². The van der Waals surface area contributed by atoms with Crippen molar-refractivity contribution in [1.29, 1.82) is 0 Å². The zero-order valence-electron chi connectivity index (χ0n) is 16.5. The van der Waals surface area contributed by atoms with Crippen LogP contribution >= 0.6 is 0 Å². The molecule has 3 aromatic rings. The van der Waals surface area contributed by atoms with Crippen molar-refractivity contribution in [3.8, 4) is 5.88 Å². The Labute approximate surface area is 172 Å². The first-order valence-electron chi connectivity index (χ1n) is 9.08. The molecule has 30 heavy (non-hydrogen) atoms. The Balaban J connectivity index is 1.60. The SMILES string of the molecule is COc1cc(CNC(=O)c2cc(C(=O)NCc3ccc(F)c(C)c3)ncn2)ccn1. The van der Waals surface area contributed by atoms with Gasteiger partial charge in [-0.25, -0.2) is 19.3 Å². The highest BCUT2D eigenvalue weighted by Gasteiger charge is 2.13. The van der Waals surface area contributed by atoms with Gasteiger partial charge in [0.25, 0.3) is 11.8 Å². The first kappa shape index (κ1) is 20.8. The normalized spacial score (nSPS) is 10.4. The smallest absolute Gasteiger partial charge is 0.270 e. The van der Waals surface area contributed by atoms with E-state index in [1.54, 1.807) is 37.4 Å². The molecule has 0 spiro atoms. The van der Waals surface area contributed by atoms with Gasteiger partial charge in [0.15, 0.2) is 0 Å². The lowest BCUT2D eigenvalue weighted by atomic mass is 10.1. The van der Waals surface area contributed by atoms with E-state index in [9.17, 15) is 14.0 Å². The van der Waals surface area contributed by atoms with Gasteiger partial charge in [-0.15, -0.1) is 0 Å². The number of nitrogens with zero attached hydrogens (tertiary/aromatic N) is 3. The van der Waals surface area contributed by atoms with Crippen LogP contribution in [0.1, 0.15) is 37.7 Å². The number of carbonyl (C=O) groups excluding carboxylic acids is 2. The van der Waals surface area contributed by atoms with Crippen LogP contribution in [0.2, 0.25) is 0 Å². The number of benzene rings is 1. The maximum Gasteiger partial charge on any atom is 0.270 e. The van der Waals surface area contributed by atoms with E-state index in [1.165, 1.54) is 19.2 Å². The molecule has 154 valence electrons. The van der Waals surface area contributed by atoms with Gasteiger partial charge in [0.2, 0.25) is 5.88 Å². The molecule has 2 amide bonds. The molecule has 0 aliphatic rings. The lowest BCUT2D eigenvalue weighted by Crippen LogP contribution is -2.27. The average Bonchev–Trinajstić information content (AvgIpc) is 2.78. The van der Waals surface area contributed by atoms with Gasteiger partial charge in [-0.3, -0.25) is 9.59 Å². The van der Waals surface area contributed by atoms with E-state index in [-0.39, 0.29) is 30.3 Å². The van der Waals surface area contributed by atoms with Crippen LogP contribution in [0.5, 0.6) is 5.88 Å². The maximum absolute atomic E-state index is 13.3. The highest BCUT2D eigenvalue weighted by atomic mass is 19.1. The number of ether oxygens (including phenoxy) is 1. The monoisotopic (exact) mass is 409 g/mol. The molecule has 0 radical (unpaired) electrons. The molecule has 0 saturated carbocycles. The first-order chi connectivity index (χ1) is 14.5. The van der Waals surface area contributed by atoms with Crippen LogP contribution in [0, 0.1) is 12.7 Å².